The topological polar surface area (TPSA) is 79.4 Å². The van der Waals surface area contributed by atoms with E-state index in [9.17, 15) is 13.2 Å². The lowest BCUT2D eigenvalue weighted by Crippen LogP contribution is -2.43. The van der Waals surface area contributed by atoms with Gasteiger partial charge in [-0.2, -0.15) is 4.31 Å². The lowest BCUT2D eigenvalue weighted by Gasteiger charge is -2.31. The molecule has 0 bridgehead atoms. The van der Waals surface area contributed by atoms with E-state index >= 15 is 0 Å². The highest BCUT2D eigenvalue weighted by Crippen LogP contribution is 2.26. The molecule has 1 atom stereocenters. The quantitative estimate of drug-likeness (QED) is 0.735. The molecule has 2 heterocycles. The van der Waals surface area contributed by atoms with Crippen molar-refractivity contribution in [2.24, 2.45) is 5.92 Å². The van der Waals surface area contributed by atoms with E-state index in [-0.39, 0.29) is 23.3 Å². The van der Waals surface area contributed by atoms with E-state index in [0.717, 1.165) is 10.9 Å². The first kappa shape index (κ1) is 18.6. The fourth-order valence-electron chi connectivity index (χ4n) is 3.56. The van der Waals surface area contributed by atoms with Crippen LogP contribution in [0, 0.1) is 5.92 Å². The van der Waals surface area contributed by atoms with Crippen LogP contribution >= 0.6 is 0 Å². The van der Waals surface area contributed by atoms with Crippen molar-refractivity contribution < 1.29 is 13.2 Å². The van der Waals surface area contributed by atoms with Crippen molar-refractivity contribution in [3.8, 4) is 0 Å². The van der Waals surface area contributed by atoms with Gasteiger partial charge >= 0.3 is 0 Å². The number of anilines is 1. The maximum Gasteiger partial charge on any atom is 0.243 e. The number of rotatable bonds is 4. The van der Waals surface area contributed by atoms with Crippen molar-refractivity contribution in [3.63, 3.8) is 0 Å². The molecule has 0 aliphatic carbocycles. The summed E-state index contributed by atoms with van der Waals surface area (Å²) in [5.74, 6) is -0.552. The number of nitrogens with zero attached hydrogens (tertiary/aromatic N) is 2. The summed E-state index contributed by atoms with van der Waals surface area (Å²) >= 11 is 0. The molecule has 28 heavy (non-hydrogen) atoms. The normalized spacial score (nSPS) is 18.1. The first-order valence-electron chi connectivity index (χ1n) is 9.25. The number of amides is 1. The predicted molar refractivity (Wildman–Crippen MR) is 108 cm³/mol. The molecule has 1 fully saturated rings. The van der Waals surface area contributed by atoms with Gasteiger partial charge in [-0.15, -0.1) is 0 Å². The van der Waals surface area contributed by atoms with Gasteiger partial charge in [0.25, 0.3) is 0 Å². The van der Waals surface area contributed by atoms with Crippen LogP contribution in [0.3, 0.4) is 0 Å². The van der Waals surface area contributed by atoms with Crippen LogP contribution in [0.15, 0.2) is 71.8 Å². The highest BCUT2D eigenvalue weighted by atomic mass is 32.2. The summed E-state index contributed by atoms with van der Waals surface area (Å²) in [5.41, 5.74) is 1.50. The van der Waals surface area contributed by atoms with Gasteiger partial charge in [-0.05, 0) is 49.2 Å². The number of hydrogen-bond donors (Lipinski definition) is 1. The van der Waals surface area contributed by atoms with Gasteiger partial charge in [0.1, 0.15) is 0 Å². The average molecular weight is 395 g/mol. The van der Waals surface area contributed by atoms with Crippen LogP contribution in [0.5, 0.6) is 0 Å². The summed E-state index contributed by atoms with van der Waals surface area (Å²) in [6.45, 7) is 0.616. The van der Waals surface area contributed by atoms with E-state index < -0.39 is 10.0 Å². The second-order valence-electron chi connectivity index (χ2n) is 6.88. The van der Waals surface area contributed by atoms with E-state index in [2.05, 4.69) is 10.3 Å². The van der Waals surface area contributed by atoms with Crippen LogP contribution in [0.25, 0.3) is 10.9 Å². The number of carbonyl (C=O) groups excluding carboxylic acids is 1. The fourth-order valence-corrected chi connectivity index (χ4v) is 5.11. The van der Waals surface area contributed by atoms with Crippen molar-refractivity contribution in [2.75, 3.05) is 18.4 Å². The number of hydrogen-bond acceptors (Lipinski definition) is 4. The maximum atomic E-state index is 12.9. The number of nitrogens with one attached hydrogen (secondary N) is 1. The van der Waals surface area contributed by atoms with E-state index in [1.807, 2.05) is 30.3 Å². The Labute approximate surface area is 164 Å². The summed E-state index contributed by atoms with van der Waals surface area (Å²) in [5, 5.41) is 3.83. The van der Waals surface area contributed by atoms with Crippen molar-refractivity contribution in [2.45, 2.75) is 17.7 Å². The van der Waals surface area contributed by atoms with Gasteiger partial charge in [0.05, 0.1) is 22.0 Å². The van der Waals surface area contributed by atoms with Gasteiger partial charge in [0.2, 0.25) is 15.9 Å². The molecule has 0 saturated carbocycles. The summed E-state index contributed by atoms with van der Waals surface area (Å²) in [7, 11) is -3.59. The predicted octanol–water partition coefficient (Wildman–Crippen LogP) is 3.27. The molecule has 0 radical (unpaired) electrons. The number of aromatic nitrogens is 1. The molecule has 1 aliphatic heterocycles. The summed E-state index contributed by atoms with van der Waals surface area (Å²) in [4.78, 5) is 17.4. The molecular formula is C21H21N3O3S. The molecule has 3 aromatic rings. The largest absolute Gasteiger partial charge is 0.325 e. The third-order valence-corrected chi connectivity index (χ3v) is 6.92. The van der Waals surface area contributed by atoms with Gasteiger partial charge in [-0.3, -0.25) is 9.78 Å². The monoisotopic (exact) mass is 395 g/mol. The Kier molecular flexibility index (Phi) is 5.11. The Balaban J connectivity index is 1.52. The molecule has 6 nitrogen and oxygen atoms in total. The fraction of sp³-hybridized carbons (Fsp3) is 0.238. The number of carbonyl (C=O) groups is 1. The lowest BCUT2D eigenvalue weighted by molar-refractivity contribution is -0.120. The zero-order valence-electron chi connectivity index (χ0n) is 15.3. The van der Waals surface area contributed by atoms with E-state index in [0.29, 0.717) is 25.1 Å². The zero-order chi connectivity index (χ0) is 19.6. The van der Waals surface area contributed by atoms with E-state index in [1.165, 1.54) is 4.31 Å². The molecule has 1 unspecified atom stereocenters. The maximum absolute atomic E-state index is 12.9. The minimum Gasteiger partial charge on any atom is -0.325 e. The van der Waals surface area contributed by atoms with Crippen molar-refractivity contribution in [1.29, 1.82) is 0 Å². The van der Waals surface area contributed by atoms with Gasteiger partial charge in [-0.1, -0.05) is 24.3 Å². The molecule has 1 saturated heterocycles. The molecule has 2 aromatic carbocycles. The van der Waals surface area contributed by atoms with Crippen molar-refractivity contribution in [1.82, 2.24) is 9.29 Å². The lowest BCUT2D eigenvalue weighted by atomic mass is 9.98. The van der Waals surface area contributed by atoms with Crippen molar-refractivity contribution in [3.05, 3.63) is 66.9 Å². The Morgan fingerprint density at radius 1 is 1.04 bits per heavy atom. The second-order valence-corrected chi connectivity index (χ2v) is 8.82. The summed E-state index contributed by atoms with van der Waals surface area (Å²) < 4.78 is 27.2. The van der Waals surface area contributed by atoms with Gasteiger partial charge in [0.15, 0.2) is 0 Å². The Morgan fingerprint density at radius 2 is 1.86 bits per heavy atom. The molecule has 0 spiro atoms. The molecular weight excluding hydrogens is 374 g/mol. The van der Waals surface area contributed by atoms with Gasteiger partial charge in [0, 0.05) is 24.7 Å². The highest BCUT2D eigenvalue weighted by Gasteiger charge is 2.33. The second kappa shape index (κ2) is 7.69. The van der Waals surface area contributed by atoms with Crippen LogP contribution in [0.1, 0.15) is 12.8 Å². The molecule has 1 aliphatic rings. The Morgan fingerprint density at radius 3 is 2.68 bits per heavy atom. The number of piperidine rings is 1. The van der Waals surface area contributed by atoms with Crippen LogP contribution in [-0.2, 0) is 14.8 Å². The molecule has 1 amide bonds. The number of benzene rings is 2. The smallest absolute Gasteiger partial charge is 0.243 e. The number of fused-ring (bicyclic) bond motifs is 1. The molecule has 1 N–H and O–H groups in total. The molecule has 4 rings (SSSR count). The third-order valence-electron chi connectivity index (χ3n) is 5.04. The molecule has 1 aromatic heterocycles. The molecule has 144 valence electrons. The average Bonchev–Trinajstić information content (AvgIpc) is 2.75. The van der Waals surface area contributed by atoms with Gasteiger partial charge < -0.3 is 5.32 Å². The highest BCUT2D eigenvalue weighted by molar-refractivity contribution is 7.89. The first-order chi connectivity index (χ1) is 13.6. The zero-order valence-corrected chi connectivity index (χ0v) is 16.1. The Hall–Kier alpha value is -2.77. The van der Waals surface area contributed by atoms with Gasteiger partial charge in [-0.25, -0.2) is 8.42 Å². The van der Waals surface area contributed by atoms with Crippen LogP contribution in [0.2, 0.25) is 0 Å². The van der Waals surface area contributed by atoms with E-state index in [4.69, 9.17) is 0 Å². The SMILES string of the molecule is O=C(Nc1cccc2ncccc12)C1CCCN(S(=O)(=O)c2ccccc2)C1. The summed E-state index contributed by atoms with van der Waals surface area (Å²) in [6, 6.07) is 17.7. The first-order valence-corrected chi connectivity index (χ1v) is 10.7. The van der Waals surface area contributed by atoms with E-state index in [1.54, 1.807) is 36.5 Å². The minimum absolute atomic E-state index is 0.163. The van der Waals surface area contributed by atoms with Crippen LogP contribution < -0.4 is 5.32 Å². The standard InChI is InChI=1S/C21H21N3O3S/c25-21(23-20-12-4-11-19-18(20)10-5-13-22-19)16-7-6-14-24(15-16)28(26,27)17-8-2-1-3-9-17/h1-5,8-13,16H,6-7,14-15H2,(H,23,25). The minimum atomic E-state index is -3.59. The molecule has 7 heteroatoms. The number of pyridine rings is 1. The summed E-state index contributed by atoms with van der Waals surface area (Å²) in [6.07, 6.45) is 3.03. The third kappa shape index (κ3) is 3.63. The van der Waals surface area contributed by atoms with Crippen LogP contribution in [0.4, 0.5) is 5.69 Å². The Bertz CT molecular complexity index is 1090. The number of sulfonamides is 1. The van der Waals surface area contributed by atoms with Crippen LogP contribution in [-0.4, -0.2) is 36.7 Å². The van der Waals surface area contributed by atoms with Crippen molar-refractivity contribution >= 4 is 32.5 Å².